The maximum Gasteiger partial charge on any atom is 0.336 e. The van der Waals surface area contributed by atoms with E-state index >= 15 is 0 Å². The van der Waals surface area contributed by atoms with Crippen molar-refractivity contribution < 1.29 is 14.3 Å². The van der Waals surface area contributed by atoms with Crippen LogP contribution in [0.5, 0.6) is 0 Å². The minimum Gasteiger partial charge on any atom is -0.422 e. The summed E-state index contributed by atoms with van der Waals surface area (Å²) in [4.78, 5) is 13.8. The average Bonchev–Trinajstić information content (AvgIpc) is 2.43. The maximum atomic E-state index is 11.8. The normalized spacial score (nSPS) is 13.0. The van der Waals surface area contributed by atoms with Crippen molar-refractivity contribution >= 4 is 11.0 Å². The van der Waals surface area contributed by atoms with Gasteiger partial charge in [-0.05, 0) is 37.6 Å². The number of ether oxygens (including phenoxy) is 1. The van der Waals surface area contributed by atoms with Gasteiger partial charge in [0.05, 0.1) is 12.7 Å². The van der Waals surface area contributed by atoms with E-state index < -0.39 is 6.10 Å². The van der Waals surface area contributed by atoms with E-state index in [0.717, 1.165) is 22.1 Å². The number of methoxy groups -OCH3 is 1. The third-order valence-electron chi connectivity index (χ3n) is 3.84. The van der Waals surface area contributed by atoms with Gasteiger partial charge in [0.25, 0.3) is 0 Å². The molecule has 0 amide bonds. The molecular weight excluding hydrogens is 282 g/mol. The molecule has 1 aromatic carbocycles. The molecular formula is C17H23NO4. The van der Waals surface area contributed by atoms with Gasteiger partial charge >= 0.3 is 5.63 Å². The second kappa shape index (κ2) is 7.05. The van der Waals surface area contributed by atoms with Crippen molar-refractivity contribution in [2.45, 2.75) is 26.5 Å². The van der Waals surface area contributed by atoms with Crippen LogP contribution in [0.4, 0.5) is 0 Å². The fourth-order valence-electron chi connectivity index (χ4n) is 2.62. The van der Waals surface area contributed by atoms with Crippen molar-refractivity contribution in [3.63, 3.8) is 0 Å². The van der Waals surface area contributed by atoms with Crippen LogP contribution in [0, 0.1) is 13.8 Å². The summed E-state index contributed by atoms with van der Waals surface area (Å²) in [5, 5.41) is 10.7. The molecule has 0 radical (unpaired) electrons. The summed E-state index contributed by atoms with van der Waals surface area (Å²) in [6.45, 7) is 5.28. The molecule has 120 valence electrons. The largest absolute Gasteiger partial charge is 0.422 e. The Labute approximate surface area is 130 Å². The highest BCUT2D eigenvalue weighted by Crippen LogP contribution is 2.23. The molecule has 1 N–H and O–H groups in total. The molecule has 2 rings (SSSR count). The summed E-state index contributed by atoms with van der Waals surface area (Å²) in [5.41, 5.74) is 3.28. The van der Waals surface area contributed by atoms with Crippen molar-refractivity contribution in [3.8, 4) is 0 Å². The minimum atomic E-state index is -0.551. The molecule has 0 spiro atoms. The molecule has 0 aliphatic rings. The molecule has 0 aliphatic carbocycles. The summed E-state index contributed by atoms with van der Waals surface area (Å²) in [6, 6.07) is 5.53. The van der Waals surface area contributed by atoms with Crippen LogP contribution < -0.4 is 5.63 Å². The highest BCUT2D eigenvalue weighted by Gasteiger charge is 2.13. The zero-order valence-electron chi connectivity index (χ0n) is 13.5. The number of hydrogen-bond acceptors (Lipinski definition) is 5. The van der Waals surface area contributed by atoms with Crippen LogP contribution in [0.25, 0.3) is 11.0 Å². The predicted molar refractivity (Wildman–Crippen MR) is 86.2 cm³/mol. The van der Waals surface area contributed by atoms with E-state index in [4.69, 9.17) is 9.15 Å². The first-order chi connectivity index (χ1) is 10.4. The Morgan fingerprint density at radius 1 is 1.36 bits per heavy atom. The van der Waals surface area contributed by atoms with E-state index in [0.29, 0.717) is 25.3 Å². The molecule has 0 saturated carbocycles. The predicted octanol–water partition coefficient (Wildman–Crippen LogP) is 1.85. The molecule has 1 aromatic heterocycles. The van der Waals surface area contributed by atoms with Crippen molar-refractivity contribution in [2.24, 2.45) is 0 Å². The number of aliphatic hydroxyl groups excluding tert-OH is 1. The number of hydrogen-bond donors (Lipinski definition) is 1. The van der Waals surface area contributed by atoms with Gasteiger partial charge in [-0.2, -0.15) is 0 Å². The molecule has 1 atom stereocenters. The molecule has 0 bridgehead atoms. The SMILES string of the molecule is COCC(O)CN(C)Cc1cc(=O)oc2c(C)c(C)ccc12. The van der Waals surface area contributed by atoms with E-state index in [1.54, 1.807) is 7.11 Å². The molecule has 5 heteroatoms. The Hall–Kier alpha value is -1.69. The highest BCUT2D eigenvalue weighted by atomic mass is 16.5. The number of nitrogens with zero attached hydrogens (tertiary/aromatic N) is 1. The van der Waals surface area contributed by atoms with Gasteiger partial charge in [-0.25, -0.2) is 4.79 Å². The zero-order valence-corrected chi connectivity index (χ0v) is 13.5. The van der Waals surface area contributed by atoms with Gasteiger partial charge in [0.15, 0.2) is 0 Å². The Morgan fingerprint density at radius 3 is 2.77 bits per heavy atom. The molecule has 0 saturated heterocycles. The fourth-order valence-corrected chi connectivity index (χ4v) is 2.62. The number of rotatable bonds is 6. The maximum absolute atomic E-state index is 11.8. The van der Waals surface area contributed by atoms with Gasteiger partial charge in [0.2, 0.25) is 0 Å². The number of likely N-dealkylation sites (N-methyl/N-ethyl adjacent to an activating group) is 1. The smallest absolute Gasteiger partial charge is 0.336 e. The average molecular weight is 305 g/mol. The first-order valence-electron chi connectivity index (χ1n) is 7.31. The van der Waals surface area contributed by atoms with E-state index in [-0.39, 0.29) is 5.63 Å². The second-order valence-electron chi connectivity index (χ2n) is 5.78. The molecule has 2 aromatic rings. The Morgan fingerprint density at radius 2 is 2.09 bits per heavy atom. The number of fused-ring (bicyclic) bond motifs is 1. The van der Waals surface area contributed by atoms with Crippen molar-refractivity contribution in [1.82, 2.24) is 4.90 Å². The standard InChI is InChI=1S/C17H23NO4/c1-11-5-6-15-13(7-16(20)22-17(15)12(11)2)8-18(3)9-14(19)10-21-4/h5-7,14,19H,8-10H2,1-4H3. The third kappa shape index (κ3) is 3.74. The monoisotopic (exact) mass is 305 g/mol. The number of aryl methyl sites for hydroxylation is 2. The van der Waals surface area contributed by atoms with Gasteiger partial charge in [-0.3, -0.25) is 4.90 Å². The van der Waals surface area contributed by atoms with Crippen LogP contribution in [0.15, 0.2) is 27.4 Å². The molecule has 0 aliphatic heterocycles. The summed E-state index contributed by atoms with van der Waals surface area (Å²) in [5.74, 6) is 0. The highest BCUT2D eigenvalue weighted by molar-refractivity contribution is 5.83. The Bertz CT molecular complexity index is 708. The van der Waals surface area contributed by atoms with Gasteiger partial charge in [-0.15, -0.1) is 0 Å². The summed E-state index contributed by atoms with van der Waals surface area (Å²) < 4.78 is 10.3. The molecule has 1 unspecified atom stereocenters. The van der Waals surface area contributed by atoms with Crippen LogP contribution in [-0.2, 0) is 11.3 Å². The van der Waals surface area contributed by atoms with Crippen molar-refractivity contribution in [1.29, 1.82) is 0 Å². The second-order valence-corrected chi connectivity index (χ2v) is 5.78. The van der Waals surface area contributed by atoms with E-state index in [9.17, 15) is 9.90 Å². The summed E-state index contributed by atoms with van der Waals surface area (Å²) in [6.07, 6.45) is -0.551. The fraction of sp³-hybridized carbons (Fsp3) is 0.471. The Balaban J connectivity index is 2.31. The Kier molecular flexibility index (Phi) is 5.34. The first kappa shape index (κ1) is 16.7. The molecule has 1 heterocycles. The summed E-state index contributed by atoms with van der Waals surface area (Å²) in [7, 11) is 3.46. The van der Waals surface area contributed by atoms with E-state index in [2.05, 4.69) is 0 Å². The van der Waals surface area contributed by atoms with Gasteiger partial charge in [0.1, 0.15) is 5.58 Å². The number of aliphatic hydroxyl groups is 1. The lowest BCUT2D eigenvalue weighted by molar-refractivity contribution is 0.0419. The third-order valence-corrected chi connectivity index (χ3v) is 3.84. The van der Waals surface area contributed by atoms with E-state index in [1.807, 2.05) is 37.9 Å². The van der Waals surface area contributed by atoms with Crippen LogP contribution in [-0.4, -0.2) is 43.4 Å². The topological polar surface area (TPSA) is 62.9 Å². The van der Waals surface area contributed by atoms with Gasteiger partial charge in [-0.1, -0.05) is 12.1 Å². The lowest BCUT2D eigenvalue weighted by atomic mass is 10.0. The zero-order chi connectivity index (χ0) is 16.3. The number of benzene rings is 1. The van der Waals surface area contributed by atoms with Gasteiger partial charge in [0, 0.05) is 31.7 Å². The molecule has 22 heavy (non-hydrogen) atoms. The lowest BCUT2D eigenvalue weighted by Crippen LogP contribution is -2.31. The van der Waals surface area contributed by atoms with E-state index in [1.165, 1.54) is 6.07 Å². The van der Waals surface area contributed by atoms with Crippen LogP contribution in [0.3, 0.4) is 0 Å². The minimum absolute atomic E-state index is 0.292. The van der Waals surface area contributed by atoms with Crippen LogP contribution in [0.1, 0.15) is 16.7 Å². The molecule has 5 nitrogen and oxygen atoms in total. The van der Waals surface area contributed by atoms with Crippen molar-refractivity contribution in [3.05, 3.63) is 45.3 Å². The molecule has 0 fully saturated rings. The van der Waals surface area contributed by atoms with Crippen molar-refractivity contribution in [2.75, 3.05) is 27.3 Å². The first-order valence-corrected chi connectivity index (χ1v) is 7.31. The summed E-state index contributed by atoms with van der Waals surface area (Å²) >= 11 is 0. The quantitative estimate of drug-likeness (QED) is 0.825. The van der Waals surface area contributed by atoms with Crippen LogP contribution >= 0.6 is 0 Å². The van der Waals surface area contributed by atoms with Crippen LogP contribution in [0.2, 0.25) is 0 Å². The van der Waals surface area contributed by atoms with Gasteiger partial charge < -0.3 is 14.3 Å². The lowest BCUT2D eigenvalue weighted by Gasteiger charge is -2.21.